The van der Waals surface area contributed by atoms with Crippen molar-refractivity contribution in [2.75, 3.05) is 5.32 Å². The lowest BCUT2D eigenvalue weighted by Gasteiger charge is -2.08. The second-order valence-corrected chi connectivity index (χ2v) is 10.1. The number of carbonyl (C=O) groups is 1. The number of hydrogen-bond acceptors (Lipinski definition) is 4. The minimum absolute atomic E-state index is 0.0927. The molecule has 5 rings (SSSR count). The monoisotopic (exact) mass is 582 g/mol. The van der Waals surface area contributed by atoms with E-state index < -0.39 is 12.3 Å². The number of carbonyl (C=O) groups excluding carboxylic acids is 1. The Labute approximate surface area is 217 Å². The van der Waals surface area contributed by atoms with Gasteiger partial charge >= 0.3 is 0 Å². The van der Waals surface area contributed by atoms with Crippen molar-refractivity contribution in [2.24, 2.45) is 0 Å². The maximum absolute atomic E-state index is 13.8. The van der Waals surface area contributed by atoms with Gasteiger partial charge in [0.15, 0.2) is 11.5 Å². The molecular weight excluding hydrogens is 565 g/mol. The van der Waals surface area contributed by atoms with E-state index >= 15 is 0 Å². The normalized spacial score (nSPS) is 13.7. The summed E-state index contributed by atoms with van der Waals surface area (Å²) in [5, 5.41) is 12.7. The molecule has 0 radical (unpaired) electrons. The summed E-state index contributed by atoms with van der Waals surface area (Å²) in [7, 11) is 0. The number of fused-ring (bicyclic) bond motifs is 1. The third kappa shape index (κ3) is 5.05. The smallest absolute Gasteiger partial charge is 0.264 e. The number of aromatic nitrogens is 5. The predicted octanol–water partition coefficient (Wildman–Crippen LogP) is 6.51. The molecule has 1 aliphatic rings. The maximum Gasteiger partial charge on any atom is 0.264 e. The van der Waals surface area contributed by atoms with E-state index in [9.17, 15) is 13.6 Å². The van der Waals surface area contributed by atoms with Gasteiger partial charge in [0.1, 0.15) is 6.54 Å². The summed E-state index contributed by atoms with van der Waals surface area (Å²) in [6, 6.07) is 6.77. The fourth-order valence-electron chi connectivity index (χ4n) is 3.97. The lowest BCUT2D eigenvalue weighted by atomic mass is 10.1. The van der Waals surface area contributed by atoms with Crippen LogP contribution in [0.15, 0.2) is 34.9 Å². The third-order valence-corrected chi connectivity index (χ3v) is 7.07. The molecule has 7 nitrogen and oxygen atoms in total. The maximum atomic E-state index is 13.8. The van der Waals surface area contributed by atoms with Crippen LogP contribution in [0.2, 0.25) is 10.0 Å². The molecule has 1 aromatic carbocycles. The van der Waals surface area contributed by atoms with Crippen molar-refractivity contribution in [3.8, 4) is 0 Å². The van der Waals surface area contributed by atoms with Crippen LogP contribution in [-0.2, 0) is 17.9 Å². The highest BCUT2D eigenvalue weighted by Gasteiger charge is 2.29. The number of alkyl halides is 2. The highest BCUT2D eigenvalue weighted by Crippen LogP contribution is 2.42. The van der Waals surface area contributed by atoms with Gasteiger partial charge in [-0.1, -0.05) is 29.3 Å². The van der Waals surface area contributed by atoms with Gasteiger partial charge in [-0.15, -0.1) is 0 Å². The lowest BCUT2D eigenvalue weighted by Crippen LogP contribution is -2.20. The summed E-state index contributed by atoms with van der Waals surface area (Å²) in [5.41, 5.74) is 2.12. The van der Waals surface area contributed by atoms with Crippen molar-refractivity contribution in [2.45, 2.75) is 45.2 Å². The molecule has 1 aliphatic carbocycles. The van der Waals surface area contributed by atoms with Crippen molar-refractivity contribution in [1.29, 1.82) is 0 Å². The molecule has 0 bridgehead atoms. The molecule has 0 unspecified atom stereocenters. The number of aryl methyl sites for hydroxylation is 1. The van der Waals surface area contributed by atoms with E-state index in [1.54, 1.807) is 29.9 Å². The van der Waals surface area contributed by atoms with E-state index in [0.29, 0.717) is 49.3 Å². The topological polar surface area (TPSA) is 77.6 Å². The Balaban J connectivity index is 1.36. The first-order valence-electron chi connectivity index (χ1n) is 10.8. The standard InChI is InChI=1S/C23H19BrCl2F2N6O/c1-11-20-14(21(27)28)7-18(13-3-4-13)29-23(20)34(31-11)10-19(35)30-22-15(24)9-33(32-22)8-12-2-5-16(25)17(26)6-12/h2,5-7,9,13,21H,3-4,8,10H2,1H3,(H,30,32,35). The Bertz CT molecular complexity index is 1450. The zero-order valence-electron chi connectivity index (χ0n) is 18.4. The molecule has 12 heteroatoms. The Morgan fingerprint density at radius 2 is 2.00 bits per heavy atom. The molecule has 1 saturated carbocycles. The number of pyridine rings is 1. The molecule has 1 fully saturated rings. The van der Waals surface area contributed by atoms with E-state index in [1.165, 1.54) is 10.7 Å². The molecule has 4 aromatic rings. The SMILES string of the molecule is Cc1nn(CC(=O)Nc2nn(Cc3ccc(Cl)c(Cl)c3)cc2Br)c2nc(C3CC3)cc(C(F)F)c12. The first-order valence-corrected chi connectivity index (χ1v) is 12.4. The largest absolute Gasteiger partial charge is 0.307 e. The molecule has 1 N–H and O–H groups in total. The molecule has 0 spiro atoms. The number of amides is 1. The molecule has 0 aliphatic heterocycles. The van der Waals surface area contributed by atoms with Gasteiger partial charge in [-0.2, -0.15) is 10.2 Å². The highest BCUT2D eigenvalue weighted by molar-refractivity contribution is 9.10. The zero-order chi connectivity index (χ0) is 24.9. The second-order valence-electron chi connectivity index (χ2n) is 8.47. The first-order chi connectivity index (χ1) is 16.7. The molecule has 0 saturated heterocycles. The van der Waals surface area contributed by atoms with Gasteiger partial charge in [-0.05, 0) is 59.5 Å². The van der Waals surface area contributed by atoms with Crippen molar-refractivity contribution < 1.29 is 13.6 Å². The Kier molecular flexibility index (Phi) is 6.54. The fraction of sp³-hybridized carbons (Fsp3) is 0.304. The fourth-order valence-corrected chi connectivity index (χ4v) is 4.71. The lowest BCUT2D eigenvalue weighted by molar-refractivity contribution is -0.116. The number of hydrogen-bond donors (Lipinski definition) is 1. The number of benzene rings is 1. The number of nitrogens with zero attached hydrogens (tertiary/aromatic N) is 5. The van der Waals surface area contributed by atoms with Crippen LogP contribution < -0.4 is 5.32 Å². The minimum Gasteiger partial charge on any atom is -0.307 e. The van der Waals surface area contributed by atoms with Crippen LogP contribution in [0.4, 0.5) is 14.6 Å². The average Bonchev–Trinajstić information content (AvgIpc) is 3.53. The van der Waals surface area contributed by atoms with Gasteiger partial charge in [0.2, 0.25) is 5.91 Å². The van der Waals surface area contributed by atoms with Crippen LogP contribution in [0.1, 0.15) is 47.7 Å². The molecule has 182 valence electrons. The Morgan fingerprint density at radius 1 is 1.23 bits per heavy atom. The summed E-state index contributed by atoms with van der Waals surface area (Å²) < 4.78 is 31.1. The van der Waals surface area contributed by atoms with Gasteiger partial charge in [0.05, 0.1) is 32.1 Å². The van der Waals surface area contributed by atoms with E-state index in [4.69, 9.17) is 23.2 Å². The molecule has 3 heterocycles. The molecule has 35 heavy (non-hydrogen) atoms. The van der Waals surface area contributed by atoms with Crippen molar-refractivity contribution in [3.05, 3.63) is 67.5 Å². The predicted molar refractivity (Wildman–Crippen MR) is 133 cm³/mol. The van der Waals surface area contributed by atoms with Crippen LogP contribution >= 0.6 is 39.1 Å². The quantitative estimate of drug-likeness (QED) is 0.269. The van der Waals surface area contributed by atoms with Crippen molar-refractivity contribution >= 4 is 61.9 Å². The van der Waals surface area contributed by atoms with Crippen LogP contribution in [0.5, 0.6) is 0 Å². The van der Waals surface area contributed by atoms with E-state index in [-0.39, 0.29) is 18.0 Å². The number of rotatable bonds is 7. The molecule has 3 aromatic heterocycles. The van der Waals surface area contributed by atoms with Crippen molar-refractivity contribution in [1.82, 2.24) is 24.5 Å². The van der Waals surface area contributed by atoms with Crippen LogP contribution in [0.3, 0.4) is 0 Å². The highest BCUT2D eigenvalue weighted by atomic mass is 79.9. The van der Waals surface area contributed by atoms with Gasteiger partial charge in [-0.25, -0.2) is 18.4 Å². The van der Waals surface area contributed by atoms with E-state index in [0.717, 1.165) is 18.4 Å². The minimum atomic E-state index is -2.65. The van der Waals surface area contributed by atoms with Gasteiger partial charge in [0, 0.05) is 23.4 Å². The summed E-state index contributed by atoms with van der Waals surface area (Å²) in [6.45, 7) is 1.86. The average molecular weight is 584 g/mol. The molecule has 1 amide bonds. The van der Waals surface area contributed by atoms with E-state index in [2.05, 4.69) is 36.4 Å². The third-order valence-electron chi connectivity index (χ3n) is 5.76. The summed E-state index contributed by atoms with van der Waals surface area (Å²) in [6.07, 6.45) is 0.921. The summed E-state index contributed by atoms with van der Waals surface area (Å²) in [4.78, 5) is 17.4. The van der Waals surface area contributed by atoms with Crippen LogP contribution in [-0.4, -0.2) is 30.5 Å². The van der Waals surface area contributed by atoms with Crippen LogP contribution in [0, 0.1) is 6.92 Å². The molecule has 0 atom stereocenters. The second kappa shape index (κ2) is 9.48. The van der Waals surface area contributed by atoms with Crippen molar-refractivity contribution in [3.63, 3.8) is 0 Å². The Morgan fingerprint density at radius 3 is 2.69 bits per heavy atom. The number of anilines is 1. The summed E-state index contributed by atoms with van der Waals surface area (Å²) >= 11 is 15.5. The van der Waals surface area contributed by atoms with Gasteiger partial charge in [-0.3, -0.25) is 9.48 Å². The van der Waals surface area contributed by atoms with Gasteiger partial charge < -0.3 is 5.32 Å². The summed E-state index contributed by atoms with van der Waals surface area (Å²) in [5.74, 6) is 0.0973. The van der Waals surface area contributed by atoms with E-state index in [1.807, 2.05) is 6.07 Å². The number of nitrogens with one attached hydrogen (secondary N) is 1. The van der Waals surface area contributed by atoms with Crippen LogP contribution in [0.25, 0.3) is 11.0 Å². The first kappa shape index (κ1) is 24.1. The Hall–Kier alpha value is -2.56. The number of halogens is 5. The zero-order valence-corrected chi connectivity index (χ0v) is 21.5. The van der Waals surface area contributed by atoms with Gasteiger partial charge in [0.25, 0.3) is 6.43 Å². The molecular formula is C23H19BrCl2F2N6O.